The summed E-state index contributed by atoms with van der Waals surface area (Å²) >= 11 is 7.37. The molecule has 102 valence electrons. The highest BCUT2D eigenvalue weighted by molar-refractivity contribution is 7.17. The van der Waals surface area contributed by atoms with E-state index in [2.05, 4.69) is 15.3 Å². The summed E-state index contributed by atoms with van der Waals surface area (Å²) in [5.74, 6) is 0.611. The van der Waals surface area contributed by atoms with Gasteiger partial charge in [-0.1, -0.05) is 17.7 Å². The summed E-state index contributed by atoms with van der Waals surface area (Å²) in [4.78, 5) is 19.1. The molecule has 0 amide bonds. The number of nitrogens with zero attached hydrogens (tertiary/aromatic N) is 1. The van der Waals surface area contributed by atoms with Crippen LogP contribution >= 0.6 is 22.9 Å². The van der Waals surface area contributed by atoms with Crippen molar-refractivity contribution < 1.29 is 0 Å². The zero-order chi connectivity index (χ0) is 14.1. The quantitative estimate of drug-likeness (QED) is 0.778. The predicted molar refractivity (Wildman–Crippen MR) is 83.8 cm³/mol. The minimum absolute atomic E-state index is 0.0929. The van der Waals surface area contributed by atoms with E-state index in [1.54, 1.807) is 0 Å². The van der Waals surface area contributed by atoms with Gasteiger partial charge in [-0.25, -0.2) is 4.98 Å². The van der Waals surface area contributed by atoms with Crippen molar-refractivity contribution in [3.05, 3.63) is 56.4 Å². The molecule has 0 saturated heterocycles. The number of aromatic amines is 1. The Bertz CT molecular complexity index is 825. The third-order valence-corrected chi connectivity index (χ3v) is 4.15. The van der Waals surface area contributed by atoms with Crippen LogP contribution in [0.25, 0.3) is 10.2 Å². The van der Waals surface area contributed by atoms with Gasteiger partial charge in [0.1, 0.15) is 10.5 Å². The van der Waals surface area contributed by atoms with Crippen LogP contribution in [-0.4, -0.2) is 9.97 Å². The van der Waals surface area contributed by atoms with Crippen LogP contribution in [0.4, 0.5) is 5.69 Å². The second-order valence-electron chi connectivity index (χ2n) is 4.46. The molecule has 2 heterocycles. The largest absolute Gasteiger partial charge is 0.378 e. The van der Waals surface area contributed by atoms with Crippen molar-refractivity contribution in [2.45, 2.75) is 13.5 Å². The standard InChI is InChI=1S/C14H12ClN3OS/c1-8-2-3-9(15)6-11(8)16-7-12-17-10-4-5-20-13(10)14(19)18-12/h2-6,16H,7H2,1H3,(H,17,18,19). The summed E-state index contributed by atoms with van der Waals surface area (Å²) in [5, 5.41) is 5.78. The lowest BCUT2D eigenvalue weighted by Gasteiger charge is -2.09. The highest BCUT2D eigenvalue weighted by Crippen LogP contribution is 2.20. The van der Waals surface area contributed by atoms with Gasteiger partial charge >= 0.3 is 0 Å². The van der Waals surface area contributed by atoms with E-state index in [4.69, 9.17) is 11.6 Å². The molecular weight excluding hydrogens is 294 g/mol. The first-order valence-electron chi connectivity index (χ1n) is 6.10. The van der Waals surface area contributed by atoms with Crippen molar-refractivity contribution in [3.8, 4) is 0 Å². The van der Waals surface area contributed by atoms with Crippen LogP contribution in [0.15, 0.2) is 34.4 Å². The van der Waals surface area contributed by atoms with Crippen molar-refractivity contribution in [2.24, 2.45) is 0 Å². The lowest BCUT2D eigenvalue weighted by molar-refractivity contribution is 0.954. The molecule has 4 nitrogen and oxygen atoms in total. The number of benzene rings is 1. The number of hydrogen-bond acceptors (Lipinski definition) is 4. The molecule has 2 aromatic heterocycles. The Labute approximate surface area is 124 Å². The normalized spacial score (nSPS) is 10.9. The van der Waals surface area contributed by atoms with Crippen molar-refractivity contribution in [3.63, 3.8) is 0 Å². The Balaban J connectivity index is 1.86. The molecule has 3 aromatic rings. The van der Waals surface area contributed by atoms with Crippen LogP contribution in [-0.2, 0) is 6.54 Å². The van der Waals surface area contributed by atoms with E-state index in [-0.39, 0.29) is 5.56 Å². The van der Waals surface area contributed by atoms with Crippen LogP contribution in [0.5, 0.6) is 0 Å². The van der Waals surface area contributed by atoms with Gasteiger partial charge in [0.05, 0.1) is 12.1 Å². The van der Waals surface area contributed by atoms with E-state index < -0.39 is 0 Å². The Kier molecular flexibility index (Phi) is 3.46. The maximum atomic E-state index is 11.9. The lowest BCUT2D eigenvalue weighted by Crippen LogP contribution is -2.13. The number of thiophene rings is 1. The van der Waals surface area contributed by atoms with Gasteiger partial charge in [0.2, 0.25) is 0 Å². The number of aromatic nitrogens is 2. The number of nitrogens with one attached hydrogen (secondary N) is 2. The monoisotopic (exact) mass is 305 g/mol. The van der Waals surface area contributed by atoms with E-state index in [1.807, 2.05) is 36.6 Å². The maximum absolute atomic E-state index is 11.9. The molecule has 0 atom stereocenters. The fourth-order valence-corrected chi connectivity index (χ4v) is 2.87. The zero-order valence-corrected chi connectivity index (χ0v) is 12.3. The minimum atomic E-state index is -0.0929. The molecule has 0 fully saturated rings. The van der Waals surface area contributed by atoms with E-state index in [0.29, 0.717) is 22.1 Å². The third kappa shape index (κ3) is 2.55. The Hall–Kier alpha value is -1.85. The Morgan fingerprint density at radius 2 is 2.25 bits per heavy atom. The molecule has 0 radical (unpaired) electrons. The molecule has 0 spiro atoms. The van der Waals surface area contributed by atoms with Gasteiger partial charge in [-0.05, 0) is 36.1 Å². The molecule has 0 saturated carbocycles. The van der Waals surface area contributed by atoms with Gasteiger partial charge in [-0.2, -0.15) is 0 Å². The first kappa shape index (κ1) is 13.1. The van der Waals surface area contributed by atoms with Gasteiger partial charge in [-0.15, -0.1) is 11.3 Å². The van der Waals surface area contributed by atoms with Gasteiger partial charge in [0, 0.05) is 10.7 Å². The van der Waals surface area contributed by atoms with Gasteiger partial charge in [-0.3, -0.25) is 4.79 Å². The second kappa shape index (κ2) is 5.26. The molecular formula is C14H12ClN3OS. The molecule has 0 aliphatic carbocycles. The predicted octanol–water partition coefficient (Wildman–Crippen LogP) is 3.56. The van der Waals surface area contributed by atoms with Gasteiger partial charge < -0.3 is 10.3 Å². The highest BCUT2D eigenvalue weighted by Gasteiger charge is 2.05. The number of fused-ring (bicyclic) bond motifs is 1. The van der Waals surface area contributed by atoms with Crippen LogP contribution in [0.3, 0.4) is 0 Å². The maximum Gasteiger partial charge on any atom is 0.268 e. The highest BCUT2D eigenvalue weighted by atomic mass is 35.5. The van der Waals surface area contributed by atoms with Crippen molar-refractivity contribution in [2.75, 3.05) is 5.32 Å². The molecule has 20 heavy (non-hydrogen) atoms. The summed E-state index contributed by atoms with van der Waals surface area (Å²) < 4.78 is 0.660. The van der Waals surface area contributed by atoms with Crippen LogP contribution in [0.1, 0.15) is 11.4 Å². The first-order valence-corrected chi connectivity index (χ1v) is 7.35. The number of H-pyrrole nitrogens is 1. The van der Waals surface area contributed by atoms with E-state index in [1.165, 1.54) is 11.3 Å². The van der Waals surface area contributed by atoms with Crippen molar-refractivity contribution in [1.29, 1.82) is 0 Å². The van der Waals surface area contributed by atoms with Crippen molar-refractivity contribution >= 4 is 38.8 Å². The first-order chi connectivity index (χ1) is 9.63. The molecule has 0 bridgehead atoms. The molecule has 1 aromatic carbocycles. The molecule has 0 aliphatic heterocycles. The molecule has 2 N–H and O–H groups in total. The summed E-state index contributed by atoms with van der Waals surface area (Å²) in [6.45, 7) is 2.44. The zero-order valence-electron chi connectivity index (χ0n) is 10.7. The average molecular weight is 306 g/mol. The number of halogens is 1. The molecule has 0 aliphatic rings. The number of aryl methyl sites for hydroxylation is 1. The lowest BCUT2D eigenvalue weighted by atomic mass is 10.2. The third-order valence-electron chi connectivity index (χ3n) is 3.01. The summed E-state index contributed by atoms with van der Waals surface area (Å²) in [6.07, 6.45) is 0. The van der Waals surface area contributed by atoms with E-state index in [9.17, 15) is 4.79 Å². The molecule has 6 heteroatoms. The van der Waals surface area contributed by atoms with Crippen LogP contribution in [0.2, 0.25) is 5.02 Å². The van der Waals surface area contributed by atoms with Gasteiger partial charge in [0.15, 0.2) is 0 Å². The molecule has 0 unspecified atom stereocenters. The fourth-order valence-electron chi connectivity index (χ4n) is 1.97. The summed E-state index contributed by atoms with van der Waals surface area (Å²) in [5.41, 5.74) is 2.67. The number of hydrogen-bond donors (Lipinski definition) is 2. The van der Waals surface area contributed by atoms with Gasteiger partial charge in [0.25, 0.3) is 5.56 Å². The van der Waals surface area contributed by atoms with E-state index >= 15 is 0 Å². The second-order valence-corrected chi connectivity index (χ2v) is 5.81. The minimum Gasteiger partial charge on any atom is -0.378 e. The summed E-state index contributed by atoms with van der Waals surface area (Å²) in [6, 6.07) is 7.50. The Morgan fingerprint density at radius 1 is 1.40 bits per heavy atom. The average Bonchev–Trinajstić information content (AvgIpc) is 2.89. The van der Waals surface area contributed by atoms with Crippen LogP contribution < -0.4 is 10.9 Å². The number of anilines is 1. The molecule has 3 rings (SSSR count). The fraction of sp³-hybridized carbons (Fsp3) is 0.143. The van der Waals surface area contributed by atoms with E-state index in [0.717, 1.165) is 16.8 Å². The smallest absolute Gasteiger partial charge is 0.268 e. The Morgan fingerprint density at radius 3 is 3.10 bits per heavy atom. The van der Waals surface area contributed by atoms with Crippen LogP contribution in [0, 0.1) is 6.92 Å². The summed E-state index contributed by atoms with van der Waals surface area (Å²) in [7, 11) is 0. The SMILES string of the molecule is Cc1ccc(Cl)cc1NCc1nc2ccsc2c(=O)[nH]1. The van der Waals surface area contributed by atoms with Crippen molar-refractivity contribution in [1.82, 2.24) is 9.97 Å². The number of rotatable bonds is 3. The topological polar surface area (TPSA) is 57.8 Å².